The Bertz CT molecular complexity index is 791. The van der Waals surface area contributed by atoms with E-state index in [2.05, 4.69) is 0 Å². The summed E-state index contributed by atoms with van der Waals surface area (Å²) in [6.07, 6.45) is 1.74. The first-order valence-electron chi connectivity index (χ1n) is 7.71. The standard InChI is InChI=1S/C18H18FNO3S/c1-3-14-11-20(18(21)23-14)13-6-9-16(17(19)10-13)12-4-7-15(8-5-12)24(2)22/h4-10,14H,3,11H2,1-2H3. The van der Waals surface area contributed by atoms with E-state index in [0.29, 0.717) is 28.3 Å². The zero-order valence-electron chi connectivity index (χ0n) is 13.5. The number of anilines is 1. The Morgan fingerprint density at radius 1 is 1.25 bits per heavy atom. The molecule has 24 heavy (non-hydrogen) atoms. The summed E-state index contributed by atoms with van der Waals surface area (Å²) in [5.41, 5.74) is 1.62. The maximum atomic E-state index is 14.5. The highest BCUT2D eigenvalue weighted by molar-refractivity contribution is 7.84. The van der Waals surface area contributed by atoms with Crippen LogP contribution in [0.5, 0.6) is 0 Å². The fraction of sp³-hybridized carbons (Fsp3) is 0.278. The van der Waals surface area contributed by atoms with E-state index in [0.717, 1.165) is 6.42 Å². The average Bonchev–Trinajstić information content (AvgIpc) is 2.96. The first-order valence-corrected chi connectivity index (χ1v) is 9.27. The Kier molecular flexibility index (Phi) is 4.66. The van der Waals surface area contributed by atoms with E-state index in [9.17, 15) is 13.4 Å². The maximum absolute atomic E-state index is 14.5. The number of hydrogen-bond acceptors (Lipinski definition) is 3. The molecule has 0 N–H and O–H groups in total. The SMILES string of the molecule is CCC1CN(c2ccc(-c3ccc(S(C)=O)cc3)c(F)c2)C(=O)O1. The molecule has 1 aliphatic rings. The van der Waals surface area contributed by atoms with E-state index in [-0.39, 0.29) is 6.10 Å². The monoisotopic (exact) mass is 347 g/mol. The number of carbonyl (C=O) groups excluding carboxylic acids is 1. The van der Waals surface area contributed by atoms with Gasteiger partial charge in [-0.1, -0.05) is 19.1 Å². The molecular weight excluding hydrogens is 329 g/mol. The molecule has 6 heteroatoms. The summed E-state index contributed by atoms with van der Waals surface area (Å²) in [7, 11) is -1.06. The van der Waals surface area contributed by atoms with Crippen molar-refractivity contribution in [2.24, 2.45) is 0 Å². The number of amides is 1. The highest BCUT2D eigenvalue weighted by Gasteiger charge is 2.31. The van der Waals surface area contributed by atoms with E-state index in [1.165, 1.54) is 11.0 Å². The summed E-state index contributed by atoms with van der Waals surface area (Å²) < 4.78 is 31.1. The number of hydrogen-bond donors (Lipinski definition) is 0. The Balaban J connectivity index is 1.87. The van der Waals surface area contributed by atoms with Gasteiger partial charge in [0.25, 0.3) is 0 Å². The number of halogens is 1. The summed E-state index contributed by atoms with van der Waals surface area (Å²) >= 11 is 0. The van der Waals surface area contributed by atoms with Crippen LogP contribution in [0, 0.1) is 5.82 Å². The second-order valence-electron chi connectivity index (χ2n) is 5.67. The lowest BCUT2D eigenvalue weighted by molar-refractivity contribution is 0.139. The molecule has 1 aliphatic heterocycles. The third kappa shape index (κ3) is 3.19. The molecule has 0 radical (unpaired) electrons. The second-order valence-corrected chi connectivity index (χ2v) is 7.05. The molecule has 2 atom stereocenters. The summed E-state index contributed by atoms with van der Waals surface area (Å²) in [6.45, 7) is 2.38. The van der Waals surface area contributed by atoms with Gasteiger partial charge in [-0.2, -0.15) is 0 Å². The van der Waals surface area contributed by atoms with Gasteiger partial charge < -0.3 is 4.74 Å². The number of nitrogens with zero attached hydrogens (tertiary/aromatic N) is 1. The lowest BCUT2D eigenvalue weighted by atomic mass is 10.0. The molecule has 2 unspecified atom stereocenters. The predicted molar refractivity (Wildman–Crippen MR) is 92.1 cm³/mol. The van der Waals surface area contributed by atoms with Crippen molar-refractivity contribution in [2.45, 2.75) is 24.3 Å². The molecule has 2 aromatic rings. The van der Waals surface area contributed by atoms with Crippen LogP contribution in [-0.2, 0) is 15.5 Å². The Morgan fingerprint density at radius 3 is 2.50 bits per heavy atom. The van der Waals surface area contributed by atoms with Crippen LogP contribution in [0.2, 0.25) is 0 Å². The fourth-order valence-electron chi connectivity index (χ4n) is 2.68. The molecule has 1 saturated heterocycles. The van der Waals surface area contributed by atoms with Crippen LogP contribution in [0.4, 0.5) is 14.9 Å². The molecule has 0 aromatic heterocycles. The fourth-order valence-corrected chi connectivity index (χ4v) is 3.20. The van der Waals surface area contributed by atoms with Gasteiger partial charge in [0.1, 0.15) is 11.9 Å². The zero-order chi connectivity index (χ0) is 17.3. The topological polar surface area (TPSA) is 46.6 Å². The molecule has 0 saturated carbocycles. The van der Waals surface area contributed by atoms with Crippen LogP contribution in [0.25, 0.3) is 11.1 Å². The van der Waals surface area contributed by atoms with Crippen LogP contribution >= 0.6 is 0 Å². The van der Waals surface area contributed by atoms with Gasteiger partial charge in [-0.15, -0.1) is 0 Å². The number of rotatable bonds is 4. The van der Waals surface area contributed by atoms with Gasteiger partial charge >= 0.3 is 6.09 Å². The van der Waals surface area contributed by atoms with Crippen molar-refractivity contribution >= 4 is 22.6 Å². The van der Waals surface area contributed by atoms with Gasteiger partial charge in [0.15, 0.2) is 0 Å². The molecule has 4 nitrogen and oxygen atoms in total. The van der Waals surface area contributed by atoms with Crippen LogP contribution in [0.1, 0.15) is 13.3 Å². The van der Waals surface area contributed by atoms with Crippen molar-refractivity contribution in [3.05, 3.63) is 48.3 Å². The Morgan fingerprint density at radius 2 is 1.96 bits per heavy atom. The third-order valence-corrected chi connectivity index (χ3v) is 5.03. The smallest absolute Gasteiger partial charge is 0.414 e. The normalized spacial score (nSPS) is 18.5. The van der Waals surface area contributed by atoms with E-state index in [1.54, 1.807) is 42.7 Å². The Labute approximate surface area is 142 Å². The maximum Gasteiger partial charge on any atom is 0.414 e. The van der Waals surface area contributed by atoms with Gasteiger partial charge in [-0.25, -0.2) is 9.18 Å². The van der Waals surface area contributed by atoms with Crippen LogP contribution < -0.4 is 4.90 Å². The number of benzene rings is 2. The molecule has 0 bridgehead atoms. The van der Waals surface area contributed by atoms with Gasteiger partial charge in [0.2, 0.25) is 0 Å². The van der Waals surface area contributed by atoms with E-state index >= 15 is 0 Å². The predicted octanol–water partition coefficient (Wildman–Crippen LogP) is 3.97. The lowest BCUT2D eigenvalue weighted by Crippen LogP contribution is -2.24. The van der Waals surface area contributed by atoms with E-state index < -0.39 is 22.7 Å². The molecule has 0 spiro atoms. The van der Waals surface area contributed by atoms with Crippen molar-refractivity contribution in [1.82, 2.24) is 0 Å². The average molecular weight is 347 g/mol. The molecule has 2 aromatic carbocycles. The first-order chi connectivity index (χ1) is 11.5. The van der Waals surface area contributed by atoms with Gasteiger partial charge in [0, 0.05) is 27.5 Å². The minimum Gasteiger partial charge on any atom is -0.444 e. The summed E-state index contributed by atoms with van der Waals surface area (Å²) in [6, 6.07) is 11.6. The molecule has 1 fully saturated rings. The van der Waals surface area contributed by atoms with Crippen molar-refractivity contribution < 1.29 is 18.1 Å². The number of cyclic esters (lactones) is 1. The zero-order valence-corrected chi connectivity index (χ0v) is 14.3. The van der Waals surface area contributed by atoms with E-state index in [4.69, 9.17) is 4.74 Å². The molecule has 3 rings (SSSR count). The summed E-state index contributed by atoms with van der Waals surface area (Å²) in [5.74, 6) is -0.411. The molecule has 0 aliphatic carbocycles. The van der Waals surface area contributed by atoms with Crippen molar-refractivity contribution in [3.63, 3.8) is 0 Å². The van der Waals surface area contributed by atoms with Crippen LogP contribution in [0.3, 0.4) is 0 Å². The van der Waals surface area contributed by atoms with Crippen LogP contribution in [0.15, 0.2) is 47.4 Å². The van der Waals surface area contributed by atoms with Crippen molar-refractivity contribution in [1.29, 1.82) is 0 Å². The number of carbonyl (C=O) groups is 1. The molecule has 126 valence electrons. The highest BCUT2D eigenvalue weighted by atomic mass is 32.2. The van der Waals surface area contributed by atoms with Gasteiger partial charge in [-0.3, -0.25) is 9.11 Å². The Hall–Kier alpha value is -2.21. The van der Waals surface area contributed by atoms with Gasteiger partial charge in [0.05, 0.1) is 12.2 Å². The highest BCUT2D eigenvalue weighted by Crippen LogP contribution is 2.29. The lowest BCUT2D eigenvalue weighted by Gasteiger charge is -2.14. The minimum absolute atomic E-state index is 0.150. The summed E-state index contributed by atoms with van der Waals surface area (Å²) in [4.78, 5) is 14.0. The molecule has 1 heterocycles. The molecule has 1 amide bonds. The quantitative estimate of drug-likeness (QED) is 0.841. The van der Waals surface area contributed by atoms with Crippen molar-refractivity contribution in [3.8, 4) is 11.1 Å². The largest absolute Gasteiger partial charge is 0.444 e. The molecular formula is C18H18FNO3S. The third-order valence-electron chi connectivity index (χ3n) is 4.09. The van der Waals surface area contributed by atoms with E-state index in [1.807, 2.05) is 6.92 Å². The van der Waals surface area contributed by atoms with Crippen molar-refractivity contribution in [2.75, 3.05) is 17.7 Å². The number of ether oxygens (including phenoxy) is 1. The second kappa shape index (κ2) is 6.73. The summed E-state index contributed by atoms with van der Waals surface area (Å²) in [5, 5.41) is 0. The minimum atomic E-state index is -1.06. The first kappa shape index (κ1) is 16.6. The van der Waals surface area contributed by atoms with Crippen LogP contribution in [-0.4, -0.2) is 29.2 Å². The van der Waals surface area contributed by atoms with Gasteiger partial charge in [-0.05, 0) is 42.3 Å².